The number of ether oxygens (including phenoxy) is 1. The summed E-state index contributed by atoms with van der Waals surface area (Å²) >= 11 is 0. The van der Waals surface area contributed by atoms with Crippen LogP contribution in [0.4, 0.5) is 0 Å². The Morgan fingerprint density at radius 2 is 2.20 bits per heavy atom. The van der Waals surface area contributed by atoms with E-state index in [4.69, 9.17) is 10.5 Å². The number of fused-ring (bicyclic) bond motifs is 1. The molecule has 2 heterocycles. The van der Waals surface area contributed by atoms with Crippen LogP contribution in [0.25, 0.3) is 0 Å². The summed E-state index contributed by atoms with van der Waals surface area (Å²) in [5, 5.41) is 8.30. The summed E-state index contributed by atoms with van der Waals surface area (Å²) in [5.74, 6) is 0. The number of benzene rings is 1. The molecule has 2 N–H and O–H groups in total. The minimum absolute atomic E-state index is 0.0374. The van der Waals surface area contributed by atoms with E-state index in [1.54, 1.807) is 0 Å². The van der Waals surface area contributed by atoms with Gasteiger partial charge in [-0.2, -0.15) is 0 Å². The summed E-state index contributed by atoms with van der Waals surface area (Å²) < 4.78 is 7.70. The van der Waals surface area contributed by atoms with E-state index >= 15 is 0 Å². The third kappa shape index (κ3) is 2.59. The number of hydrogen-bond acceptors (Lipinski definition) is 4. The third-order valence-corrected chi connectivity index (χ3v) is 3.64. The van der Waals surface area contributed by atoms with Crippen molar-refractivity contribution in [3.63, 3.8) is 0 Å². The summed E-state index contributed by atoms with van der Waals surface area (Å²) in [5.41, 5.74) is 8.97. The summed E-state index contributed by atoms with van der Waals surface area (Å²) in [6, 6.07) is 8.42. The van der Waals surface area contributed by atoms with E-state index in [0.717, 1.165) is 18.7 Å². The predicted molar refractivity (Wildman–Crippen MR) is 76.1 cm³/mol. The molecule has 0 saturated heterocycles. The van der Waals surface area contributed by atoms with Gasteiger partial charge in [0.1, 0.15) is 11.8 Å². The van der Waals surface area contributed by atoms with E-state index in [0.29, 0.717) is 6.54 Å². The SMILES string of the molecule is CC(C)(N)c1cn(CC2OCCc3ccccc32)nn1. The van der Waals surface area contributed by atoms with E-state index < -0.39 is 5.54 Å². The molecule has 0 bridgehead atoms. The number of nitrogens with two attached hydrogens (primary N) is 1. The van der Waals surface area contributed by atoms with Crippen LogP contribution in [-0.2, 0) is 23.2 Å². The van der Waals surface area contributed by atoms with Crippen molar-refractivity contribution < 1.29 is 4.74 Å². The van der Waals surface area contributed by atoms with Crippen LogP contribution < -0.4 is 5.73 Å². The Bertz CT molecular complexity index is 600. The zero-order valence-electron chi connectivity index (χ0n) is 11.9. The second kappa shape index (κ2) is 5.00. The summed E-state index contributed by atoms with van der Waals surface area (Å²) in [7, 11) is 0. The molecule has 2 aromatic rings. The van der Waals surface area contributed by atoms with E-state index in [1.807, 2.05) is 24.7 Å². The van der Waals surface area contributed by atoms with Crippen LogP contribution in [0.3, 0.4) is 0 Å². The largest absolute Gasteiger partial charge is 0.371 e. The van der Waals surface area contributed by atoms with Crippen LogP contribution in [-0.4, -0.2) is 21.6 Å². The minimum Gasteiger partial charge on any atom is -0.371 e. The highest BCUT2D eigenvalue weighted by Crippen LogP contribution is 2.28. The lowest BCUT2D eigenvalue weighted by atomic mass is 9.97. The molecule has 1 aromatic carbocycles. The van der Waals surface area contributed by atoms with Crippen LogP contribution in [0.15, 0.2) is 30.5 Å². The van der Waals surface area contributed by atoms with Crippen molar-refractivity contribution in [2.24, 2.45) is 5.73 Å². The molecule has 5 heteroatoms. The molecule has 0 aliphatic carbocycles. The van der Waals surface area contributed by atoms with Crippen molar-refractivity contribution in [2.45, 2.75) is 38.5 Å². The van der Waals surface area contributed by atoms with Crippen molar-refractivity contribution in [3.8, 4) is 0 Å². The highest BCUT2D eigenvalue weighted by Gasteiger charge is 2.23. The van der Waals surface area contributed by atoms with Crippen LogP contribution in [0.1, 0.15) is 36.8 Å². The van der Waals surface area contributed by atoms with Gasteiger partial charge in [-0.3, -0.25) is 0 Å². The first kappa shape index (κ1) is 13.3. The Balaban J connectivity index is 1.81. The fraction of sp³-hybridized carbons (Fsp3) is 0.467. The van der Waals surface area contributed by atoms with E-state index in [-0.39, 0.29) is 6.10 Å². The molecule has 5 nitrogen and oxygen atoms in total. The normalized spacial score (nSPS) is 18.9. The zero-order valence-corrected chi connectivity index (χ0v) is 11.9. The van der Waals surface area contributed by atoms with Crippen molar-refractivity contribution in [1.82, 2.24) is 15.0 Å². The van der Waals surface area contributed by atoms with Gasteiger partial charge in [-0.1, -0.05) is 29.5 Å². The minimum atomic E-state index is -0.469. The second-order valence-corrected chi connectivity index (χ2v) is 5.86. The Morgan fingerprint density at radius 3 is 2.95 bits per heavy atom. The molecule has 0 spiro atoms. The first-order valence-corrected chi connectivity index (χ1v) is 6.93. The molecule has 3 rings (SSSR count). The topological polar surface area (TPSA) is 66.0 Å². The number of rotatable bonds is 3. The van der Waals surface area contributed by atoms with Crippen molar-refractivity contribution in [1.29, 1.82) is 0 Å². The smallest absolute Gasteiger partial charge is 0.102 e. The van der Waals surface area contributed by atoms with Gasteiger partial charge in [0, 0.05) is 0 Å². The van der Waals surface area contributed by atoms with Gasteiger partial charge < -0.3 is 10.5 Å². The maximum Gasteiger partial charge on any atom is 0.102 e. The highest BCUT2D eigenvalue weighted by atomic mass is 16.5. The molecular weight excluding hydrogens is 252 g/mol. The standard InChI is InChI=1S/C15H20N4O/c1-15(2,16)14-10-19(18-17-14)9-13-12-6-4-3-5-11(12)7-8-20-13/h3-6,10,13H,7-9,16H2,1-2H3. The average molecular weight is 272 g/mol. The molecule has 106 valence electrons. The van der Waals surface area contributed by atoms with Gasteiger partial charge in [0.15, 0.2) is 0 Å². The van der Waals surface area contributed by atoms with Gasteiger partial charge in [0.2, 0.25) is 0 Å². The summed E-state index contributed by atoms with van der Waals surface area (Å²) in [6.07, 6.45) is 2.92. The van der Waals surface area contributed by atoms with Gasteiger partial charge in [0.25, 0.3) is 0 Å². The molecule has 1 aromatic heterocycles. The Labute approximate surface area is 118 Å². The predicted octanol–water partition coefficient (Wildman–Crippen LogP) is 1.79. The van der Waals surface area contributed by atoms with Crippen LogP contribution in [0.5, 0.6) is 0 Å². The van der Waals surface area contributed by atoms with Gasteiger partial charge in [0.05, 0.1) is 24.9 Å². The van der Waals surface area contributed by atoms with E-state index in [9.17, 15) is 0 Å². The molecule has 1 aliphatic heterocycles. The van der Waals surface area contributed by atoms with Gasteiger partial charge in [-0.05, 0) is 31.4 Å². The second-order valence-electron chi connectivity index (χ2n) is 5.86. The van der Waals surface area contributed by atoms with Crippen molar-refractivity contribution >= 4 is 0 Å². The number of hydrogen-bond donors (Lipinski definition) is 1. The van der Waals surface area contributed by atoms with Crippen LogP contribution in [0, 0.1) is 0 Å². The molecule has 0 radical (unpaired) electrons. The Kier molecular flexibility index (Phi) is 3.31. The molecule has 0 amide bonds. The number of nitrogens with zero attached hydrogens (tertiary/aromatic N) is 3. The highest BCUT2D eigenvalue weighted by molar-refractivity contribution is 5.30. The number of aromatic nitrogens is 3. The van der Waals surface area contributed by atoms with E-state index in [1.165, 1.54) is 11.1 Å². The fourth-order valence-electron chi connectivity index (χ4n) is 2.48. The monoisotopic (exact) mass is 272 g/mol. The average Bonchev–Trinajstić information content (AvgIpc) is 2.88. The van der Waals surface area contributed by atoms with Crippen molar-refractivity contribution in [2.75, 3.05) is 6.61 Å². The maximum absolute atomic E-state index is 6.03. The quantitative estimate of drug-likeness (QED) is 0.925. The maximum atomic E-state index is 6.03. The molecule has 1 atom stereocenters. The first-order chi connectivity index (χ1) is 9.54. The zero-order chi connectivity index (χ0) is 14.2. The molecule has 1 aliphatic rings. The fourth-order valence-corrected chi connectivity index (χ4v) is 2.48. The van der Waals surface area contributed by atoms with E-state index in [2.05, 4.69) is 34.6 Å². The lowest BCUT2D eigenvalue weighted by Crippen LogP contribution is -2.29. The Morgan fingerprint density at radius 1 is 1.40 bits per heavy atom. The third-order valence-electron chi connectivity index (χ3n) is 3.64. The van der Waals surface area contributed by atoms with Crippen LogP contribution >= 0.6 is 0 Å². The summed E-state index contributed by atoms with van der Waals surface area (Å²) in [4.78, 5) is 0. The summed E-state index contributed by atoms with van der Waals surface area (Å²) in [6.45, 7) is 5.27. The Hall–Kier alpha value is -1.72. The molecule has 0 fully saturated rings. The molecule has 0 saturated carbocycles. The van der Waals surface area contributed by atoms with Gasteiger partial charge in [-0.15, -0.1) is 5.10 Å². The van der Waals surface area contributed by atoms with Gasteiger partial charge >= 0.3 is 0 Å². The molecule has 20 heavy (non-hydrogen) atoms. The lowest BCUT2D eigenvalue weighted by molar-refractivity contribution is 0.0279. The lowest BCUT2D eigenvalue weighted by Gasteiger charge is -2.25. The molecule has 1 unspecified atom stereocenters. The van der Waals surface area contributed by atoms with Crippen molar-refractivity contribution in [3.05, 3.63) is 47.3 Å². The van der Waals surface area contributed by atoms with Crippen LogP contribution in [0.2, 0.25) is 0 Å². The van der Waals surface area contributed by atoms with Gasteiger partial charge in [-0.25, -0.2) is 4.68 Å². The first-order valence-electron chi connectivity index (χ1n) is 6.93. The molecular formula is C15H20N4O.